The smallest absolute Gasteiger partial charge is 0.288 e. The first-order valence-corrected chi connectivity index (χ1v) is 8.74. The molecule has 0 aliphatic carbocycles. The van der Waals surface area contributed by atoms with Crippen LogP contribution in [0.1, 0.15) is 36.7 Å². The molecule has 0 aromatic heterocycles. The molecule has 0 aliphatic rings. The van der Waals surface area contributed by atoms with Crippen LogP contribution in [0.25, 0.3) is 0 Å². The molecule has 2 aromatic carbocycles. The Morgan fingerprint density at radius 1 is 1.18 bits per heavy atom. The van der Waals surface area contributed by atoms with Crippen molar-refractivity contribution in [1.29, 1.82) is 0 Å². The molecule has 0 heterocycles. The van der Waals surface area contributed by atoms with E-state index in [2.05, 4.69) is 10.5 Å². The Labute approximate surface area is 167 Å². The number of hydrogen-bond donors (Lipinski definition) is 1. The Morgan fingerprint density at radius 2 is 1.86 bits per heavy atom. The van der Waals surface area contributed by atoms with Gasteiger partial charge in [-0.05, 0) is 45.0 Å². The van der Waals surface area contributed by atoms with E-state index in [0.717, 1.165) is 0 Å². The van der Waals surface area contributed by atoms with Crippen LogP contribution in [0.2, 0.25) is 5.02 Å². The van der Waals surface area contributed by atoms with Crippen molar-refractivity contribution in [3.8, 4) is 11.5 Å². The van der Waals surface area contributed by atoms with Crippen molar-refractivity contribution < 1.29 is 19.2 Å². The van der Waals surface area contributed by atoms with Gasteiger partial charge in [-0.1, -0.05) is 17.7 Å². The van der Waals surface area contributed by atoms with Crippen molar-refractivity contribution in [2.45, 2.75) is 26.9 Å². The number of ether oxygens (including phenoxy) is 2. The molecule has 0 saturated heterocycles. The first kappa shape index (κ1) is 21.2. The molecule has 1 amide bonds. The van der Waals surface area contributed by atoms with E-state index in [1.165, 1.54) is 19.2 Å². The van der Waals surface area contributed by atoms with Crippen molar-refractivity contribution in [2.75, 3.05) is 7.11 Å². The van der Waals surface area contributed by atoms with Crippen molar-refractivity contribution in [3.63, 3.8) is 0 Å². The number of benzene rings is 2. The summed E-state index contributed by atoms with van der Waals surface area (Å²) in [6.07, 6.45) is -0.0377. The van der Waals surface area contributed by atoms with Crippen LogP contribution in [0, 0.1) is 10.1 Å². The van der Waals surface area contributed by atoms with Gasteiger partial charge in [0, 0.05) is 17.2 Å². The maximum atomic E-state index is 12.4. The standard InChI is InChI=1S/C19H20ClN3O5/c1-11(2)28-17-8-6-14(10-18(17)27-4)19(24)22-21-12(3)13-5-7-15(20)16(9-13)23(25)26/h5-11H,1-4H3,(H,22,24)/b21-12-. The second kappa shape index (κ2) is 9.18. The summed E-state index contributed by atoms with van der Waals surface area (Å²) in [5, 5.41) is 15.0. The Hall–Kier alpha value is -3.13. The van der Waals surface area contributed by atoms with Crippen molar-refractivity contribution in [2.24, 2.45) is 5.10 Å². The van der Waals surface area contributed by atoms with E-state index in [4.69, 9.17) is 21.1 Å². The van der Waals surface area contributed by atoms with Gasteiger partial charge in [-0.15, -0.1) is 0 Å². The van der Waals surface area contributed by atoms with E-state index < -0.39 is 10.8 Å². The number of nitro benzene ring substituents is 1. The number of rotatable bonds is 7. The average molecular weight is 406 g/mol. The van der Waals surface area contributed by atoms with Crippen molar-refractivity contribution in [1.82, 2.24) is 5.43 Å². The number of hydrazone groups is 1. The maximum absolute atomic E-state index is 12.4. The number of nitro groups is 1. The molecule has 28 heavy (non-hydrogen) atoms. The minimum atomic E-state index is -0.579. The third-order valence-corrected chi connectivity index (χ3v) is 3.99. The molecule has 0 spiro atoms. The van der Waals surface area contributed by atoms with Gasteiger partial charge in [-0.3, -0.25) is 14.9 Å². The summed E-state index contributed by atoms with van der Waals surface area (Å²) in [4.78, 5) is 22.8. The minimum absolute atomic E-state index is 0.0291. The topological polar surface area (TPSA) is 103 Å². The molecule has 2 rings (SSSR count). The van der Waals surface area contributed by atoms with Crippen molar-refractivity contribution in [3.05, 3.63) is 62.7 Å². The molecule has 0 bridgehead atoms. The van der Waals surface area contributed by atoms with Crippen LogP contribution in [0.4, 0.5) is 5.69 Å². The summed E-state index contributed by atoms with van der Waals surface area (Å²) in [6.45, 7) is 5.39. The van der Waals surface area contributed by atoms with Gasteiger partial charge >= 0.3 is 0 Å². The Morgan fingerprint density at radius 3 is 2.46 bits per heavy atom. The third kappa shape index (κ3) is 5.20. The highest BCUT2D eigenvalue weighted by Crippen LogP contribution is 2.29. The molecule has 0 unspecified atom stereocenters. The van der Waals surface area contributed by atoms with E-state index in [-0.39, 0.29) is 16.8 Å². The SMILES string of the molecule is COc1cc(C(=O)N/N=C(/C)c2ccc(Cl)c([N+](=O)[O-])c2)ccc1OC(C)C. The summed E-state index contributed by atoms with van der Waals surface area (Å²) >= 11 is 5.80. The predicted octanol–water partition coefficient (Wildman–Crippen LogP) is 4.20. The van der Waals surface area contributed by atoms with Crippen LogP contribution in [0.15, 0.2) is 41.5 Å². The molecule has 0 atom stereocenters. The van der Waals surface area contributed by atoms with Crippen LogP contribution in [-0.4, -0.2) is 29.8 Å². The van der Waals surface area contributed by atoms with Gasteiger partial charge in [0.25, 0.3) is 11.6 Å². The van der Waals surface area contributed by atoms with Gasteiger partial charge in [0.2, 0.25) is 0 Å². The number of nitrogens with zero attached hydrogens (tertiary/aromatic N) is 2. The van der Waals surface area contributed by atoms with Crippen LogP contribution in [0.5, 0.6) is 11.5 Å². The Balaban J connectivity index is 2.18. The highest BCUT2D eigenvalue weighted by molar-refractivity contribution is 6.32. The van der Waals surface area contributed by atoms with Gasteiger partial charge in [-0.2, -0.15) is 5.10 Å². The molecule has 2 aromatic rings. The molecule has 8 nitrogen and oxygen atoms in total. The molecular weight excluding hydrogens is 386 g/mol. The molecule has 0 aliphatic heterocycles. The predicted molar refractivity (Wildman–Crippen MR) is 107 cm³/mol. The number of nitrogens with one attached hydrogen (secondary N) is 1. The van der Waals surface area contributed by atoms with Crippen LogP contribution < -0.4 is 14.9 Å². The zero-order valence-corrected chi connectivity index (χ0v) is 16.6. The van der Waals surface area contributed by atoms with E-state index >= 15 is 0 Å². The molecular formula is C19H20ClN3O5. The quantitative estimate of drug-likeness (QED) is 0.422. The van der Waals surface area contributed by atoms with Gasteiger partial charge in [0.15, 0.2) is 11.5 Å². The van der Waals surface area contributed by atoms with Crippen LogP contribution in [-0.2, 0) is 0 Å². The lowest BCUT2D eigenvalue weighted by Crippen LogP contribution is -2.19. The fourth-order valence-electron chi connectivity index (χ4n) is 2.30. The summed E-state index contributed by atoms with van der Waals surface area (Å²) in [6, 6.07) is 9.08. The first-order valence-electron chi connectivity index (χ1n) is 8.36. The number of methoxy groups -OCH3 is 1. The lowest BCUT2D eigenvalue weighted by Gasteiger charge is -2.14. The Bertz CT molecular complexity index is 928. The number of carbonyl (C=O) groups excluding carboxylic acids is 1. The first-order chi connectivity index (χ1) is 13.2. The molecule has 0 saturated carbocycles. The van der Waals surface area contributed by atoms with E-state index in [1.54, 1.807) is 31.2 Å². The fraction of sp³-hybridized carbons (Fsp3) is 0.263. The highest BCUT2D eigenvalue weighted by Gasteiger charge is 2.15. The lowest BCUT2D eigenvalue weighted by atomic mass is 10.1. The van der Waals surface area contributed by atoms with Crippen LogP contribution in [0.3, 0.4) is 0 Å². The number of hydrogen-bond acceptors (Lipinski definition) is 6. The van der Waals surface area contributed by atoms with Gasteiger partial charge in [0.05, 0.1) is 23.8 Å². The summed E-state index contributed by atoms with van der Waals surface area (Å²) in [5.74, 6) is 0.495. The molecule has 148 valence electrons. The van der Waals surface area contributed by atoms with Crippen molar-refractivity contribution >= 4 is 28.9 Å². The molecule has 0 fully saturated rings. The van der Waals surface area contributed by atoms with Gasteiger partial charge < -0.3 is 9.47 Å². The highest BCUT2D eigenvalue weighted by atomic mass is 35.5. The van der Waals surface area contributed by atoms with E-state index in [0.29, 0.717) is 28.3 Å². The van der Waals surface area contributed by atoms with Crippen LogP contribution >= 0.6 is 11.6 Å². The van der Waals surface area contributed by atoms with E-state index in [1.807, 2.05) is 13.8 Å². The normalized spacial score (nSPS) is 11.3. The summed E-state index contributed by atoms with van der Waals surface area (Å²) in [5.41, 5.74) is 3.37. The molecule has 9 heteroatoms. The molecule has 1 N–H and O–H groups in total. The van der Waals surface area contributed by atoms with E-state index in [9.17, 15) is 14.9 Å². The largest absolute Gasteiger partial charge is 0.493 e. The lowest BCUT2D eigenvalue weighted by molar-refractivity contribution is -0.384. The number of halogens is 1. The summed E-state index contributed by atoms with van der Waals surface area (Å²) < 4.78 is 10.9. The fourth-order valence-corrected chi connectivity index (χ4v) is 2.49. The minimum Gasteiger partial charge on any atom is -0.493 e. The average Bonchev–Trinajstić information content (AvgIpc) is 2.65. The number of carbonyl (C=O) groups is 1. The van der Waals surface area contributed by atoms with Gasteiger partial charge in [0.1, 0.15) is 5.02 Å². The maximum Gasteiger partial charge on any atom is 0.288 e. The third-order valence-electron chi connectivity index (χ3n) is 3.67. The second-order valence-corrected chi connectivity index (χ2v) is 6.50. The summed E-state index contributed by atoms with van der Waals surface area (Å²) in [7, 11) is 1.49. The Kier molecular flexibility index (Phi) is 6.94. The number of amides is 1. The molecule has 0 radical (unpaired) electrons. The zero-order chi connectivity index (χ0) is 20.8. The second-order valence-electron chi connectivity index (χ2n) is 6.09. The zero-order valence-electron chi connectivity index (χ0n) is 15.9. The monoisotopic (exact) mass is 405 g/mol. The van der Waals surface area contributed by atoms with Gasteiger partial charge in [-0.25, -0.2) is 5.43 Å².